The summed E-state index contributed by atoms with van der Waals surface area (Å²) in [6.45, 7) is 5.38. The topological polar surface area (TPSA) is 38.3 Å². The van der Waals surface area contributed by atoms with Gasteiger partial charge in [0.2, 0.25) is 0 Å². The summed E-state index contributed by atoms with van der Waals surface area (Å²) < 4.78 is 6.19. The van der Waals surface area contributed by atoms with E-state index >= 15 is 0 Å². The first kappa shape index (κ1) is 14.2. The highest BCUT2D eigenvalue weighted by Gasteiger charge is 2.07. The Morgan fingerprint density at radius 1 is 1.47 bits per heavy atom. The fourth-order valence-corrected chi connectivity index (χ4v) is 1.92. The zero-order valence-corrected chi connectivity index (χ0v) is 11.8. The van der Waals surface area contributed by atoms with Crippen LogP contribution in [0.4, 0.5) is 0 Å². The van der Waals surface area contributed by atoms with Crippen LogP contribution >= 0.6 is 22.6 Å². The maximum atomic E-state index is 11.8. The van der Waals surface area contributed by atoms with Crippen molar-refractivity contribution in [3.05, 3.63) is 46.1 Å². The van der Waals surface area contributed by atoms with E-state index in [4.69, 9.17) is 4.74 Å². The summed E-state index contributed by atoms with van der Waals surface area (Å²) in [7, 11) is 0. The van der Waals surface area contributed by atoms with Gasteiger partial charge in [-0.3, -0.25) is 4.79 Å². The molecule has 0 aromatic heterocycles. The van der Waals surface area contributed by atoms with Gasteiger partial charge in [-0.15, -0.1) is 6.58 Å². The smallest absolute Gasteiger partial charge is 0.252 e. The van der Waals surface area contributed by atoms with E-state index in [-0.39, 0.29) is 5.91 Å². The van der Waals surface area contributed by atoms with Crippen molar-refractivity contribution in [1.29, 1.82) is 0 Å². The molecule has 1 aromatic rings. The predicted molar refractivity (Wildman–Crippen MR) is 77.1 cm³/mol. The highest BCUT2D eigenvalue weighted by Crippen LogP contribution is 2.10. The molecular formula is C13H16INO2. The number of hydrogen-bond acceptors (Lipinski definition) is 2. The monoisotopic (exact) mass is 345 g/mol. The lowest BCUT2D eigenvalue weighted by Gasteiger charge is -2.06. The average molecular weight is 345 g/mol. The van der Waals surface area contributed by atoms with Crippen LogP contribution in [0.5, 0.6) is 0 Å². The number of nitrogens with one attached hydrogen (secondary N) is 1. The van der Waals surface area contributed by atoms with Crippen LogP contribution in [0.25, 0.3) is 0 Å². The molecule has 0 atom stereocenters. The molecule has 0 fully saturated rings. The molecule has 0 saturated heterocycles. The SMILES string of the molecule is C=CCOCCCNC(=O)c1ccccc1I. The molecule has 1 N–H and O–H groups in total. The van der Waals surface area contributed by atoms with E-state index in [1.807, 2.05) is 24.3 Å². The molecule has 0 unspecified atom stereocenters. The normalized spacial score (nSPS) is 9.94. The molecule has 1 rings (SSSR count). The molecule has 1 amide bonds. The first-order valence-electron chi connectivity index (χ1n) is 5.47. The molecule has 0 aliphatic rings. The second kappa shape index (κ2) is 8.25. The van der Waals surface area contributed by atoms with Gasteiger partial charge >= 0.3 is 0 Å². The van der Waals surface area contributed by atoms with Gasteiger partial charge in [-0.2, -0.15) is 0 Å². The average Bonchev–Trinajstić information content (AvgIpc) is 2.34. The van der Waals surface area contributed by atoms with Gasteiger partial charge in [-0.05, 0) is 41.1 Å². The molecule has 0 saturated carbocycles. The van der Waals surface area contributed by atoms with Gasteiger partial charge in [0.25, 0.3) is 5.91 Å². The van der Waals surface area contributed by atoms with Gasteiger partial charge in [-0.1, -0.05) is 18.2 Å². The lowest BCUT2D eigenvalue weighted by molar-refractivity contribution is 0.0945. The molecule has 0 aliphatic heterocycles. The molecule has 0 aliphatic carbocycles. The van der Waals surface area contributed by atoms with E-state index in [1.165, 1.54) is 0 Å². The minimum atomic E-state index is -0.0290. The number of rotatable bonds is 7. The summed E-state index contributed by atoms with van der Waals surface area (Å²) in [6.07, 6.45) is 2.52. The van der Waals surface area contributed by atoms with E-state index in [9.17, 15) is 4.79 Å². The minimum Gasteiger partial charge on any atom is -0.377 e. The summed E-state index contributed by atoms with van der Waals surface area (Å²) in [5.74, 6) is -0.0290. The van der Waals surface area contributed by atoms with Crippen LogP contribution in [0.2, 0.25) is 0 Å². The number of carbonyl (C=O) groups excluding carboxylic acids is 1. The lowest BCUT2D eigenvalue weighted by atomic mass is 10.2. The number of halogens is 1. The molecule has 0 bridgehead atoms. The number of benzene rings is 1. The third-order valence-electron chi connectivity index (χ3n) is 2.11. The zero-order chi connectivity index (χ0) is 12.5. The predicted octanol–water partition coefficient (Wildman–Crippen LogP) is 2.61. The minimum absolute atomic E-state index is 0.0290. The quantitative estimate of drug-likeness (QED) is 0.469. The van der Waals surface area contributed by atoms with E-state index < -0.39 is 0 Å². The van der Waals surface area contributed by atoms with Crippen LogP contribution < -0.4 is 5.32 Å². The van der Waals surface area contributed by atoms with Crippen molar-refractivity contribution in [2.45, 2.75) is 6.42 Å². The molecule has 1 aromatic carbocycles. The first-order chi connectivity index (χ1) is 8.25. The highest BCUT2D eigenvalue weighted by molar-refractivity contribution is 14.1. The van der Waals surface area contributed by atoms with Crippen molar-refractivity contribution in [2.24, 2.45) is 0 Å². The number of amides is 1. The van der Waals surface area contributed by atoms with Crippen molar-refractivity contribution < 1.29 is 9.53 Å². The van der Waals surface area contributed by atoms with Crippen LogP contribution in [-0.4, -0.2) is 25.7 Å². The van der Waals surface area contributed by atoms with E-state index in [0.29, 0.717) is 19.8 Å². The molecule has 92 valence electrons. The van der Waals surface area contributed by atoms with E-state index in [1.54, 1.807) is 6.08 Å². The standard InChI is InChI=1S/C13H16INO2/c1-2-9-17-10-5-8-15-13(16)11-6-3-4-7-12(11)14/h2-4,6-7H,1,5,8-10H2,(H,15,16). The van der Waals surface area contributed by atoms with Crippen molar-refractivity contribution >= 4 is 28.5 Å². The number of hydrogen-bond donors (Lipinski definition) is 1. The van der Waals surface area contributed by atoms with Gasteiger partial charge in [0.1, 0.15) is 0 Å². The fraction of sp³-hybridized carbons (Fsp3) is 0.308. The molecule has 17 heavy (non-hydrogen) atoms. The van der Waals surface area contributed by atoms with Gasteiger partial charge in [0, 0.05) is 16.7 Å². The molecule has 0 radical (unpaired) electrons. The third-order valence-corrected chi connectivity index (χ3v) is 3.05. The van der Waals surface area contributed by atoms with Crippen LogP contribution in [-0.2, 0) is 4.74 Å². The van der Waals surface area contributed by atoms with Gasteiger partial charge in [-0.25, -0.2) is 0 Å². The summed E-state index contributed by atoms with van der Waals surface area (Å²) in [6, 6.07) is 7.53. The Labute approximate surface area is 115 Å². The maximum absolute atomic E-state index is 11.8. The van der Waals surface area contributed by atoms with Crippen LogP contribution in [0, 0.1) is 3.57 Å². The van der Waals surface area contributed by atoms with E-state index in [0.717, 1.165) is 15.6 Å². The van der Waals surface area contributed by atoms with Gasteiger partial charge in [0.15, 0.2) is 0 Å². The Kier molecular flexibility index (Phi) is 6.88. The van der Waals surface area contributed by atoms with Crippen molar-refractivity contribution in [2.75, 3.05) is 19.8 Å². The second-order valence-electron chi connectivity index (χ2n) is 3.45. The highest BCUT2D eigenvalue weighted by atomic mass is 127. The van der Waals surface area contributed by atoms with Crippen molar-refractivity contribution in [1.82, 2.24) is 5.32 Å². The first-order valence-corrected chi connectivity index (χ1v) is 6.55. The Morgan fingerprint density at radius 3 is 2.94 bits per heavy atom. The van der Waals surface area contributed by atoms with Crippen LogP contribution in [0.1, 0.15) is 16.8 Å². The van der Waals surface area contributed by atoms with Crippen LogP contribution in [0.3, 0.4) is 0 Å². The fourth-order valence-electron chi connectivity index (χ4n) is 1.28. The third kappa shape index (κ3) is 5.32. The van der Waals surface area contributed by atoms with Crippen molar-refractivity contribution in [3.8, 4) is 0 Å². The Morgan fingerprint density at radius 2 is 2.24 bits per heavy atom. The summed E-state index contributed by atoms with van der Waals surface area (Å²) in [5, 5.41) is 2.87. The molecule has 0 heterocycles. The lowest BCUT2D eigenvalue weighted by Crippen LogP contribution is -2.26. The Bertz CT molecular complexity index is 379. The molecular weight excluding hydrogens is 329 g/mol. The molecule has 3 nitrogen and oxygen atoms in total. The summed E-state index contributed by atoms with van der Waals surface area (Å²) in [4.78, 5) is 11.8. The number of carbonyl (C=O) groups is 1. The van der Waals surface area contributed by atoms with Crippen LogP contribution in [0.15, 0.2) is 36.9 Å². The Balaban J connectivity index is 2.26. The zero-order valence-electron chi connectivity index (χ0n) is 9.62. The molecule has 4 heteroatoms. The van der Waals surface area contributed by atoms with Crippen molar-refractivity contribution in [3.63, 3.8) is 0 Å². The molecule has 0 spiro atoms. The van der Waals surface area contributed by atoms with Gasteiger partial charge < -0.3 is 10.1 Å². The second-order valence-corrected chi connectivity index (χ2v) is 4.62. The Hall–Kier alpha value is -0.880. The van der Waals surface area contributed by atoms with Gasteiger partial charge in [0.05, 0.1) is 12.2 Å². The van der Waals surface area contributed by atoms with E-state index in [2.05, 4.69) is 34.5 Å². The summed E-state index contributed by atoms with van der Waals surface area (Å²) in [5.41, 5.74) is 0.722. The largest absolute Gasteiger partial charge is 0.377 e. The summed E-state index contributed by atoms with van der Waals surface area (Å²) >= 11 is 2.16. The maximum Gasteiger partial charge on any atom is 0.252 e. The number of ether oxygens (including phenoxy) is 1.